The summed E-state index contributed by atoms with van der Waals surface area (Å²) in [6, 6.07) is 0. The lowest BCUT2D eigenvalue weighted by Crippen LogP contribution is -2.66. The van der Waals surface area contributed by atoms with Crippen molar-refractivity contribution in [3.63, 3.8) is 0 Å². The number of rotatable bonds is 8. The zero-order chi connectivity index (χ0) is 46.7. The third-order valence-electron chi connectivity index (χ3n) is 18.9. The van der Waals surface area contributed by atoms with E-state index in [1.54, 1.807) is 0 Å². The Hall–Kier alpha value is -1.39. The van der Waals surface area contributed by atoms with Gasteiger partial charge < -0.3 is 79.5 Å². The van der Waals surface area contributed by atoms with Gasteiger partial charge in [0.25, 0.3) is 0 Å². The largest absolute Gasteiger partial charge is 0.432 e. The summed E-state index contributed by atoms with van der Waals surface area (Å²) in [4.78, 5) is 14.9. The summed E-state index contributed by atoms with van der Waals surface area (Å²) < 4.78 is 35.3. The average Bonchev–Trinajstić information content (AvgIpc) is 3.24. The highest BCUT2D eigenvalue weighted by Crippen LogP contribution is 2.76. The molecule has 3 aliphatic heterocycles. The third kappa shape index (κ3) is 7.67. The minimum absolute atomic E-state index is 0.0502. The molecule has 17 nitrogen and oxygen atoms in total. The van der Waals surface area contributed by atoms with Crippen LogP contribution in [0.4, 0.5) is 0 Å². The molecule has 0 unspecified atom stereocenters. The molecule has 0 aromatic carbocycles. The quantitative estimate of drug-likeness (QED) is 0.0916. The van der Waals surface area contributed by atoms with Gasteiger partial charge in [0.05, 0.1) is 31.3 Å². The smallest absolute Gasteiger partial charge is 0.315 e. The van der Waals surface area contributed by atoms with Gasteiger partial charge in [-0.15, -0.1) is 0 Å². The number of hydrogen-bond acceptors (Lipinski definition) is 17. The summed E-state index contributed by atoms with van der Waals surface area (Å²) in [5.41, 5.74) is -0.415. The van der Waals surface area contributed by atoms with Gasteiger partial charge >= 0.3 is 5.97 Å². The number of carbonyl (C=O) groups is 1. The second-order valence-corrected chi connectivity index (χ2v) is 23.1. The zero-order valence-electron chi connectivity index (χ0n) is 38.5. The van der Waals surface area contributed by atoms with Crippen molar-refractivity contribution in [2.45, 2.75) is 205 Å². The highest BCUT2D eigenvalue weighted by Gasteiger charge is 2.70. The van der Waals surface area contributed by atoms with Crippen LogP contribution in [0.1, 0.15) is 113 Å². The number of ether oxygens (including phenoxy) is 6. The highest BCUT2D eigenvalue weighted by molar-refractivity contribution is 5.79. The lowest BCUT2D eigenvalue weighted by Gasteiger charge is -2.71. The van der Waals surface area contributed by atoms with Crippen molar-refractivity contribution in [3.8, 4) is 0 Å². The molecular weight excluding hydrogens is 836 g/mol. The minimum atomic E-state index is -1.79. The van der Waals surface area contributed by atoms with Gasteiger partial charge in [0.2, 0.25) is 6.29 Å². The van der Waals surface area contributed by atoms with E-state index in [9.17, 15) is 55.9 Å². The topological polar surface area (TPSA) is 275 Å². The van der Waals surface area contributed by atoms with Gasteiger partial charge in [-0.05, 0) is 109 Å². The maximum atomic E-state index is 14.9. The Morgan fingerprint density at radius 2 is 1.31 bits per heavy atom. The van der Waals surface area contributed by atoms with Crippen molar-refractivity contribution in [2.24, 2.45) is 50.2 Å². The van der Waals surface area contributed by atoms with E-state index in [0.29, 0.717) is 24.7 Å². The van der Waals surface area contributed by atoms with Gasteiger partial charge in [-0.3, -0.25) is 4.79 Å². The average molecular weight is 913 g/mol. The van der Waals surface area contributed by atoms with Gasteiger partial charge in [-0.2, -0.15) is 0 Å². The van der Waals surface area contributed by atoms with E-state index in [4.69, 9.17) is 28.4 Å². The lowest BCUT2D eigenvalue weighted by atomic mass is 9.33. The molecule has 4 saturated carbocycles. The Balaban J connectivity index is 1.01. The molecule has 0 aromatic rings. The van der Waals surface area contributed by atoms with Crippen LogP contribution >= 0.6 is 0 Å². The maximum absolute atomic E-state index is 14.9. The molecule has 366 valence electrons. The summed E-state index contributed by atoms with van der Waals surface area (Å²) >= 11 is 0. The first-order chi connectivity index (χ1) is 29.9. The molecule has 0 spiro atoms. The molecule has 5 aliphatic carbocycles. The lowest BCUT2D eigenvalue weighted by molar-refractivity contribution is -0.328. The Morgan fingerprint density at radius 1 is 0.688 bits per heavy atom. The number of esters is 1. The number of aliphatic hydroxyl groups is 10. The molecule has 8 rings (SSSR count). The van der Waals surface area contributed by atoms with Crippen molar-refractivity contribution >= 4 is 5.97 Å². The second kappa shape index (κ2) is 17.2. The van der Waals surface area contributed by atoms with E-state index < -0.39 is 111 Å². The van der Waals surface area contributed by atoms with E-state index >= 15 is 0 Å². The number of allylic oxidation sites excluding steroid dienone is 2. The normalized spacial score (nSPS) is 53.4. The monoisotopic (exact) mass is 913 g/mol. The fourth-order valence-corrected chi connectivity index (χ4v) is 14.7. The Bertz CT molecular complexity index is 1740. The van der Waals surface area contributed by atoms with E-state index in [2.05, 4.69) is 54.5 Å². The van der Waals surface area contributed by atoms with Crippen molar-refractivity contribution in [2.75, 3.05) is 19.8 Å². The first-order valence-electron chi connectivity index (χ1n) is 23.7. The number of aliphatic hydroxyl groups excluding tert-OH is 10. The summed E-state index contributed by atoms with van der Waals surface area (Å²) in [7, 11) is 0. The fourth-order valence-electron chi connectivity index (χ4n) is 14.7. The summed E-state index contributed by atoms with van der Waals surface area (Å²) in [6.45, 7) is 15.0. The Morgan fingerprint density at radius 3 is 2.00 bits per heavy atom. The third-order valence-corrected chi connectivity index (χ3v) is 18.9. The fraction of sp³-hybridized carbons (Fsp3) is 0.936. The van der Waals surface area contributed by atoms with Gasteiger partial charge in [-0.25, -0.2) is 0 Å². The molecule has 17 heteroatoms. The van der Waals surface area contributed by atoms with E-state index in [0.717, 1.165) is 51.4 Å². The van der Waals surface area contributed by atoms with Crippen LogP contribution in [0.3, 0.4) is 0 Å². The van der Waals surface area contributed by atoms with Crippen LogP contribution in [0.2, 0.25) is 0 Å². The maximum Gasteiger partial charge on any atom is 0.315 e. The molecule has 8 aliphatic rings. The second-order valence-electron chi connectivity index (χ2n) is 23.1. The molecule has 0 aromatic heterocycles. The molecule has 7 fully saturated rings. The highest BCUT2D eigenvalue weighted by atomic mass is 16.7. The van der Waals surface area contributed by atoms with Gasteiger partial charge in [0.15, 0.2) is 12.6 Å². The molecule has 10 N–H and O–H groups in total. The van der Waals surface area contributed by atoms with Crippen LogP contribution in [0.25, 0.3) is 0 Å². The SMILES string of the molecule is CC1(C)CC[C@]2(C(=O)O[C@@H]3O[C@H](CO[C@@H]4O[C@H](CO)[C@@H](O)[C@H](O)[C@H]4O)[C@@H](O)[C@H](O)[C@H]3O)CC[C@]3(C)C(=CC[C@@H]4[C@]5(C)CC[C@@H](O[C@@H]6OC[C@H](O)[C@H](O)[C@H]6O)C(C)(C)[C@H]5CC[C@]43C)[C@H]2C1. The van der Waals surface area contributed by atoms with Crippen LogP contribution < -0.4 is 0 Å². The molecule has 64 heavy (non-hydrogen) atoms. The first kappa shape index (κ1) is 49.0. The molecule has 3 heterocycles. The predicted molar refractivity (Wildman–Crippen MR) is 224 cm³/mol. The first-order valence-corrected chi connectivity index (χ1v) is 23.7. The standard InChI is InChI=1S/C47H76O17/c1-42(2)14-16-47(41(58)64-40-37(57)34(54)32(52)26(62-40)21-60-38-36(56)33(53)31(51)25(19-48)61-38)17-15-45(6)22(23(47)18-42)8-9-28-44(5)12-11-29(43(3,4)27(44)10-13-46(28,45)7)63-39-35(55)30(50)24(49)20-59-39/h8,23-40,48-57H,9-21H2,1-7H3/t23-,24+,25-,26-,27-,28-,29-,30+,31-,32-,33+,34+,35-,36-,37-,38-,39+,40+,44-,45-,46-,47+/m1/s1. The Labute approximate surface area is 376 Å². The summed E-state index contributed by atoms with van der Waals surface area (Å²) in [5, 5.41) is 105. The summed E-state index contributed by atoms with van der Waals surface area (Å²) in [5.74, 6) is -0.0729. The zero-order valence-corrected chi connectivity index (χ0v) is 38.5. The van der Waals surface area contributed by atoms with Gasteiger partial charge in [-0.1, -0.05) is 60.1 Å². The molecular formula is C47H76O17. The van der Waals surface area contributed by atoms with Crippen LogP contribution in [0.5, 0.6) is 0 Å². The van der Waals surface area contributed by atoms with Crippen molar-refractivity contribution in [3.05, 3.63) is 11.6 Å². The van der Waals surface area contributed by atoms with E-state index in [1.807, 2.05) is 0 Å². The van der Waals surface area contributed by atoms with Crippen LogP contribution in [0, 0.1) is 50.2 Å². The van der Waals surface area contributed by atoms with Crippen LogP contribution in [0.15, 0.2) is 11.6 Å². The molecule has 0 amide bonds. The van der Waals surface area contributed by atoms with E-state index in [1.165, 1.54) is 5.57 Å². The molecule has 0 bridgehead atoms. The molecule has 3 saturated heterocycles. The van der Waals surface area contributed by atoms with E-state index in [-0.39, 0.29) is 45.7 Å². The van der Waals surface area contributed by atoms with Crippen molar-refractivity contribution in [1.29, 1.82) is 0 Å². The van der Waals surface area contributed by atoms with Crippen LogP contribution in [-0.2, 0) is 33.2 Å². The number of fused-ring (bicyclic) bond motifs is 7. The predicted octanol–water partition coefficient (Wildman–Crippen LogP) is 0.780. The van der Waals surface area contributed by atoms with Gasteiger partial charge in [0, 0.05) is 0 Å². The van der Waals surface area contributed by atoms with Gasteiger partial charge in [0.1, 0.15) is 67.1 Å². The minimum Gasteiger partial charge on any atom is -0.432 e. The molecule has 22 atom stereocenters. The van der Waals surface area contributed by atoms with Crippen LogP contribution in [-0.4, -0.2) is 169 Å². The summed E-state index contributed by atoms with van der Waals surface area (Å²) in [6.07, 6.45) is -11.0. The number of hydrogen-bond donors (Lipinski definition) is 10. The Kier molecular flexibility index (Phi) is 13.2. The van der Waals surface area contributed by atoms with Crippen molar-refractivity contribution in [1.82, 2.24) is 0 Å². The van der Waals surface area contributed by atoms with Crippen molar-refractivity contribution < 1.29 is 84.3 Å². The molecule has 0 radical (unpaired) electrons. The number of carbonyl (C=O) groups excluding carboxylic acids is 1.